The molecule has 0 fully saturated rings. The molecule has 1 aromatic heterocycles. The fourth-order valence-electron chi connectivity index (χ4n) is 0.647. The van der Waals surface area contributed by atoms with Gasteiger partial charge >= 0.3 is 0 Å². The monoisotopic (exact) mass is 155 g/mol. The molecule has 11 heavy (non-hydrogen) atoms. The number of pyridine rings is 1. The molecule has 0 aliphatic carbocycles. The average Bonchev–Trinajstić information content (AvgIpc) is 2.01. The van der Waals surface area contributed by atoms with Crippen molar-refractivity contribution in [2.45, 2.75) is 6.61 Å². The van der Waals surface area contributed by atoms with Crippen molar-refractivity contribution in [2.75, 3.05) is 0 Å². The van der Waals surface area contributed by atoms with Crippen LogP contribution < -0.4 is 0 Å². The van der Waals surface area contributed by atoms with Crippen LogP contribution in [0.2, 0.25) is 0 Å². The first-order valence-electron chi connectivity index (χ1n) is 2.98. The summed E-state index contributed by atoms with van der Waals surface area (Å²) in [5, 5.41) is 0. The Hall–Kier alpha value is -1.45. The molecule has 0 bridgehead atoms. The average molecular weight is 155 g/mol. The molecule has 0 saturated carbocycles. The maximum atomic E-state index is 12.4. The van der Waals surface area contributed by atoms with Gasteiger partial charge in [-0.3, -0.25) is 9.78 Å². The van der Waals surface area contributed by atoms with E-state index in [1.54, 1.807) is 0 Å². The number of hydrogen-bond acceptors (Lipinski definition) is 3. The van der Waals surface area contributed by atoms with Crippen molar-refractivity contribution in [2.24, 2.45) is 0 Å². The van der Waals surface area contributed by atoms with Gasteiger partial charge in [-0.15, -0.1) is 0 Å². The summed E-state index contributed by atoms with van der Waals surface area (Å²) in [5.74, 6) is -0.385. The zero-order valence-electron chi connectivity index (χ0n) is 5.66. The van der Waals surface area contributed by atoms with Crippen LogP contribution in [0.5, 0.6) is 0 Å². The third kappa shape index (κ3) is 2.33. The fraction of sp³-hybridized carbons (Fsp3) is 0.143. The van der Waals surface area contributed by atoms with Crippen LogP contribution in [0.4, 0.5) is 4.39 Å². The highest BCUT2D eigenvalue weighted by atomic mass is 19.1. The Labute approximate surface area is 62.8 Å². The molecule has 0 aliphatic heterocycles. The molecule has 0 spiro atoms. The quantitative estimate of drug-likeness (QED) is 0.608. The van der Waals surface area contributed by atoms with Crippen molar-refractivity contribution >= 4 is 6.47 Å². The third-order valence-electron chi connectivity index (χ3n) is 1.08. The first-order chi connectivity index (χ1) is 5.33. The Morgan fingerprint density at radius 3 is 3.18 bits per heavy atom. The van der Waals surface area contributed by atoms with E-state index in [2.05, 4.69) is 9.72 Å². The van der Waals surface area contributed by atoms with Gasteiger partial charge in [-0.2, -0.15) is 0 Å². The number of halogens is 1. The minimum absolute atomic E-state index is 0.0151. The number of carbonyl (C=O) groups excluding carboxylic acids is 1. The smallest absolute Gasteiger partial charge is 0.293 e. The Morgan fingerprint density at radius 1 is 1.73 bits per heavy atom. The molecular formula is C7H6FNO2. The van der Waals surface area contributed by atoms with Gasteiger partial charge in [0, 0.05) is 6.20 Å². The summed E-state index contributed by atoms with van der Waals surface area (Å²) in [6.07, 6.45) is 1.32. The molecular weight excluding hydrogens is 149 g/mol. The van der Waals surface area contributed by atoms with E-state index in [0.717, 1.165) is 0 Å². The maximum absolute atomic E-state index is 12.4. The zero-order valence-corrected chi connectivity index (χ0v) is 5.66. The Morgan fingerprint density at radius 2 is 2.55 bits per heavy atom. The summed E-state index contributed by atoms with van der Waals surface area (Å²) in [5.41, 5.74) is 0.400. The molecule has 0 amide bonds. The lowest BCUT2D eigenvalue weighted by molar-refractivity contribution is -0.129. The SMILES string of the molecule is O=COCc1cc(F)ccn1. The van der Waals surface area contributed by atoms with Gasteiger partial charge in [-0.1, -0.05) is 0 Å². The predicted octanol–water partition coefficient (Wildman–Crippen LogP) is 0.894. The maximum Gasteiger partial charge on any atom is 0.293 e. The van der Waals surface area contributed by atoms with Crippen LogP contribution in [0.15, 0.2) is 18.3 Å². The van der Waals surface area contributed by atoms with E-state index in [1.807, 2.05) is 0 Å². The molecule has 0 unspecified atom stereocenters. The fourth-order valence-corrected chi connectivity index (χ4v) is 0.647. The van der Waals surface area contributed by atoms with E-state index >= 15 is 0 Å². The minimum Gasteiger partial charge on any atom is -0.461 e. The van der Waals surface area contributed by atoms with Crippen LogP contribution >= 0.6 is 0 Å². The molecule has 0 saturated heterocycles. The molecule has 0 aliphatic rings. The van der Waals surface area contributed by atoms with E-state index in [0.29, 0.717) is 12.2 Å². The van der Waals surface area contributed by atoms with Gasteiger partial charge < -0.3 is 4.74 Å². The Balaban J connectivity index is 2.63. The molecule has 1 heterocycles. The first kappa shape index (κ1) is 7.65. The van der Waals surface area contributed by atoms with E-state index in [4.69, 9.17) is 0 Å². The number of nitrogens with zero attached hydrogens (tertiary/aromatic N) is 1. The number of rotatable bonds is 3. The normalized spacial score (nSPS) is 9.18. The van der Waals surface area contributed by atoms with E-state index in [-0.39, 0.29) is 12.4 Å². The van der Waals surface area contributed by atoms with E-state index in [1.165, 1.54) is 18.3 Å². The first-order valence-corrected chi connectivity index (χ1v) is 2.98. The van der Waals surface area contributed by atoms with Gasteiger partial charge in [0.15, 0.2) is 0 Å². The lowest BCUT2D eigenvalue weighted by atomic mass is 10.3. The van der Waals surface area contributed by atoms with Gasteiger partial charge in [0.2, 0.25) is 0 Å². The van der Waals surface area contributed by atoms with Gasteiger partial charge in [0.05, 0.1) is 5.69 Å². The van der Waals surface area contributed by atoms with Crippen LogP contribution in [0, 0.1) is 5.82 Å². The molecule has 0 aromatic carbocycles. The molecule has 3 nitrogen and oxygen atoms in total. The van der Waals surface area contributed by atoms with Crippen molar-refractivity contribution in [3.63, 3.8) is 0 Å². The van der Waals surface area contributed by atoms with Crippen molar-refractivity contribution < 1.29 is 13.9 Å². The summed E-state index contributed by atoms with van der Waals surface area (Å²) in [7, 11) is 0. The van der Waals surface area contributed by atoms with Crippen LogP contribution in [0.1, 0.15) is 5.69 Å². The molecule has 58 valence electrons. The Bertz CT molecular complexity index is 252. The molecule has 4 heteroatoms. The number of carbonyl (C=O) groups is 1. The summed E-state index contributed by atoms with van der Waals surface area (Å²) in [4.78, 5) is 13.5. The summed E-state index contributed by atoms with van der Waals surface area (Å²) in [6.45, 7) is 0.313. The van der Waals surface area contributed by atoms with Crippen molar-refractivity contribution in [1.29, 1.82) is 0 Å². The largest absolute Gasteiger partial charge is 0.461 e. The number of hydrogen-bond donors (Lipinski definition) is 0. The standard InChI is InChI=1S/C7H6FNO2/c8-6-1-2-9-7(3-6)4-11-5-10/h1-3,5H,4H2. The second-order valence-corrected chi connectivity index (χ2v) is 1.87. The van der Waals surface area contributed by atoms with Crippen LogP contribution in [-0.2, 0) is 16.1 Å². The molecule has 1 rings (SSSR count). The van der Waals surface area contributed by atoms with Crippen LogP contribution in [-0.4, -0.2) is 11.5 Å². The second-order valence-electron chi connectivity index (χ2n) is 1.87. The summed E-state index contributed by atoms with van der Waals surface area (Å²) < 4.78 is 16.8. The van der Waals surface area contributed by atoms with Crippen LogP contribution in [0.3, 0.4) is 0 Å². The lowest BCUT2D eigenvalue weighted by Gasteiger charge is -1.96. The second kappa shape index (κ2) is 3.65. The van der Waals surface area contributed by atoms with Crippen LogP contribution in [0.25, 0.3) is 0 Å². The summed E-state index contributed by atoms with van der Waals surface area (Å²) >= 11 is 0. The highest BCUT2D eigenvalue weighted by molar-refractivity contribution is 5.37. The van der Waals surface area contributed by atoms with E-state index < -0.39 is 0 Å². The highest BCUT2D eigenvalue weighted by Gasteiger charge is 1.95. The molecule has 1 aromatic rings. The van der Waals surface area contributed by atoms with Crippen molar-refractivity contribution in [3.05, 3.63) is 29.8 Å². The zero-order chi connectivity index (χ0) is 8.10. The van der Waals surface area contributed by atoms with Crippen molar-refractivity contribution in [3.8, 4) is 0 Å². The third-order valence-corrected chi connectivity index (χ3v) is 1.08. The molecule has 0 N–H and O–H groups in total. The minimum atomic E-state index is -0.385. The highest BCUT2D eigenvalue weighted by Crippen LogP contribution is 1.99. The topological polar surface area (TPSA) is 39.2 Å². The van der Waals surface area contributed by atoms with Gasteiger partial charge in [-0.25, -0.2) is 4.39 Å². The predicted molar refractivity (Wildman–Crippen MR) is 35.0 cm³/mol. The van der Waals surface area contributed by atoms with Gasteiger partial charge in [0.25, 0.3) is 6.47 Å². The number of aromatic nitrogens is 1. The molecule has 0 atom stereocenters. The Kier molecular flexibility index (Phi) is 2.54. The summed E-state index contributed by atoms with van der Waals surface area (Å²) in [6, 6.07) is 2.44. The van der Waals surface area contributed by atoms with Gasteiger partial charge in [-0.05, 0) is 12.1 Å². The number of ether oxygens (including phenoxy) is 1. The van der Waals surface area contributed by atoms with Gasteiger partial charge in [0.1, 0.15) is 12.4 Å². The lowest BCUT2D eigenvalue weighted by Crippen LogP contribution is -1.93. The molecule has 0 radical (unpaired) electrons. The van der Waals surface area contributed by atoms with Crippen molar-refractivity contribution in [1.82, 2.24) is 4.98 Å². The van der Waals surface area contributed by atoms with E-state index in [9.17, 15) is 9.18 Å².